The first-order valence-electron chi connectivity index (χ1n) is 6.98. The van der Waals surface area contributed by atoms with E-state index in [2.05, 4.69) is 15.1 Å². The number of nitrogens with zero attached hydrogens (tertiary/aromatic N) is 3. The van der Waals surface area contributed by atoms with Crippen LogP contribution in [0.4, 0.5) is 13.2 Å². The number of hydrogen-bond donors (Lipinski definition) is 1. The highest BCUT2D eigenvalue weighted by Crippen LogP contribution is 2.33. The van der Waals surface area contributed by atoms with Gasteiger partial charge in [-0.3, -0.25) is 4.79 Å². The highest BCUT2D eigenvalue weighted by molar-refractivity contribution is 6.03. The first-order chi connectivity index (χ1) is 11.5. The Labute approximate surface area is 132 Å². The van der Waals surface area contributed by atoms with Crippen molar-refractivity contribution in [1.29, 1.82) is 0 Å². The van der Waals surface area contributed by atoms with Crippen molar-refractivity contribution in [2.45, 2.75) is 6.18 Å². The van der Waals surface area contributed by atoms with E-state index in [0.717, 1.165) is 10.9 Å². The third kappa shape index (κ3) is 2.07. The number of halogens is 3. The molecular weight excluding hydrogens is 321 g/mol. The Hall–Kier alpha value is -3.16. The number of benzene rings is 1. The number of aromatic nitrogens is 4. The van der Waals surface area contributed by atoms with Gasteiger partial charge in [-0.15, -0.1) is 0 Å². The zero-order valence-electron chi connectivity index (χ0n) is 12.0. The van der Waals surface area contributed by atoms with Crippen molar-refractivity contribution in [2.24, 2.45) is 0 Å². The number of para-hydroxylation sites is 1. The van der Waals surface area contributed by atoms with Crippen LogP contribution in [-0.4, -0.2) is 19.7 Å². The largest absolute Gasteiger partial charge is 0.435 e. The Kier molecular flexibility index (Phi) is 2.96. The number of H-pyrrole nitrogens is 1. The summed E-state index contributed by atoms with van der Waals surface area (Å²) in [5.41, 5.74) is -0.857. The molecule has 8 heteroatoms. The van der Waals surface area contributed by atoms with Gasteiger partial charge in [0.25, 0.3) is 5.56 Å². The minimum absolute atomic E-state index is 0.214. The molecule has 3 heterocycles. The molecule has 0 saturated heterocycles. The molecule has 0 aliphatic carbocycles. The van der Waals surface area contributed by atoms with E-state index in [1.54, 1.807) is 24.3 Å². The topological polar surface area (TPSA) is 63.6 Å². The van der Waals surface area contributed by atoms with Crippen molar-refractivity contribution >= 4 is 21.8 Å². The monoisotopic (exact) mass is 330 g/mol. The van der Waals surface area contributed by atoms with Gasteiger partial charge < -0.3 is 4.98 Å². The van der Waals surface area contributed by atoms with E-state index in [-0.39, 0.29) is 11.1 Å². The average Bonchev–Trinajstić information content (AvgIpc) is 3.00. The van der Waals surface area contributed by atoms with Crippen LogP contribution < -0.4 is 5.56 Å². The van der Waals surface area contributed by atoms with E-state index in [1.165, 1.54) is 18.3 Å². The molecule has 120 valence electrons. The molecule has 0 saturated carbocycles. The summed E-state index contributed by atoms with van der Waals surface area (Å²) in [5.74, 6) is 0. The highest BCUT2D eigenvalue weighted by atomic mass is 19.4. The second-order valence-corrected chi connectivity index (χ2v) is 5.19. The number of alkyl halides is 3. The van der Waals surface area contributed by atoms with E-state index >= 15 is 0 Å². The highest BCUT2D eigenvalue weighted by Gasteiger charge is 2.36. The lowest BCUT2D eigenvalue weighted by molar-refractivity contribution is -0.141. The predicted octanol–water partition coefficient (Wildman–Crippen LogP) is 3.28. The number of rotatable bonds is 1. The van der Waals surface area contributed by atoms with Crippen LogP contribution in [0.2, 0.25) is 0 Å². The SMILES string of the molecule is O=c1[nH]c2ccccc2c2c1cnn2-c1cccnc1C(F)(F)F. The van der Waals surface area contributed by atoms with Crippen LogP contribution in [0.5, 0.6) is 0 Å². The number of nitrogens with one attached hydrogen (secondary N) is 1. The van der Waals surface area contributed by atoms with Gasteiger partial charge in [-0.05, 0) is 18.2 Å². The summed E-state index contributed by atoms with van der Waals surface area (Å²) in [6.07, 6.45) is -2.30. The summed E-state index contributed by atoms with van der Waals surface area (Å²) in [5, 5.41) is 4.82. The summed E-state index contributed by atoms with van der Waals surface area (Å²) in [6, 6.07) is 9.55. The zero-order valence-corrected chi connectivity index (χ0v) is 12.0. The molecule has 24 heavy (non-hydrogen) atoms. The van der Waals surface area contributed by atoms with Crippen molar-refractivity contribution in [2.75, 3.05) is 0 Å². The summed E-state index contributed by atoms with van der Waals surface area (Å²) < 4.78 is 40.9. The molecule has 0 bridgehead atoms. The summed E-state index contributed by atoms with van der Waals surface area (Å²) in [7, 11) is 0. The van der Waals surface area contributed by atoms with E-state index < -0.39 is 17.4 Å². The van der Waals surface area contributed by atoms with Crippen LogP contribution in [0.3, 0.4) is 0 Å². The lowest BCUT2D eigenvalue weighted by atomic mass is 10.1. The molecule has 0 fully saturated rings. The first-order valence-corrected chi connectivity index (χ1v) is 6.98. The normalized spacial score (nSPS) is 12.1. The fraction of sp³-hybridized carbons (Fsp3) is 0.0625. The lowest BCUT2D eigenvalue weighted by Crippen LogP contribution is -2.14. The molecule has 0 atom stereocenters. The first kappa shape index (κ1) is 14.4. The zero-order chi connectivity index (χ0) is 16.9. The quantitative estimate of drug-likeness (QED) is 0.582. The van der Waals surface area contributed by atoms with Crippen LogP contribution in [0, 0.1) is 0 Å². The van der Waals surface area contributed by atoms with Gasteiger partial charge in [0.15, 0.2) is 5.69 Å². The minimum Gasteiger partial charge on any atom is -0.321 e. The van der Waals surface area contributed by atoms with Crippen LogP contribution in [0.15, 0.2) is 53.6 Å². The summed E-state index contributed by atoms with van der Waals surface area (Å²) >= 11 is 0. The van der Waals surface area contributed by atoms with Crippen LogP contribution >= 0.6 is 0 Å². The molecule has 1 aromatic carbocycles. The smallest absolute Gasteiger partial charge is 0.321 e. The van der Waals surface area contributed by atoms with Gasteiger partial charge >= 0.3 is 6.18 Å². The lowest BCUT2D eigenvalue weighted by Gasteiger charge is -2.12. The van der Waals surface area contributed by atoms with Crippen molar-refractivity contribution < 1.29 is 13.2 Å². The summed E-state index contributed by atoms with van der Waals surface area (Å²) in [4.78, 5) is 18.3. The standard InChI is InChI=1S/C16H9F3N4O/c17-16(18,19)14-12(6-3-7-20-14)23-13-9-4-1-2-5-11(9)22-15(24)10(13)8-21-23/h1-8H,(H,22,24). The molecule has 5 nitrogen and oxygen atoms in total. The molecule has 1 N–H and O–H groups in total. The van der Waals surface area contributed by atoms with Gasteiger partial charge in [0.2, 0.25) is 0 Å². The third-order valence-corrected chi connectivity index (χ3v) is 3.73. The molecule has 0 amide bonds. The van der Waals surface area contributed by atoms with E-state index in [1.807, 2.05) is 0 Å². The number of fused-ring (bicyclic) bond motifs is 3. The van der Waals surface area contributed by atoms with Gasteiger partial charge in [-0.25, -0.2) is 9.67 Å². The third-order valence-electron chi connectivity index (χ3n) is 3.73. The predicted molar refractivity (Wildman–Crippen MR) is 82.0 cm³/mol. The van der Waals surface area contributed by atoms with Crippen LogP contribution in [0.1, 0.15) is 5.69 Å². The Morgan fingerprint density at radius 3 is 2.62 bits per heavy atom. The van der Waals surface area contributed by atoms with Gasteiger partial charge in [-0.2, -0.15) is 18.3 Å². The number of pyridine rings is 2. The van der Waals surface area contributed by atoms with E-state index in [0.29, 0.717) is 16.4 Å². The van der Waals surface area contributed by atoms with Crippen molar-refractivity contribution in [3.05, 3.63) is 64.8 Å². The number of aromatic amines is 1. The molecule has 0 radical (unpaired) electrons. The van der Waals surface area contributed by atoms with Crippen molar-refractivity contribution in [3.63, 3.8) is 0 Å². The van der Waals surface area contributed by atoms with Crippen LogP contribution in [0.25, 0.3) is 27.5 Å². The van der Waals surface area contributed by atoms with Gasteiger partial charge in [-0.1, -0.05) is 18.2 Å². The Morgan fingerprint density at radius 2 is 1.83 bits per heavy atom. The molecule has 4 aromatic rings. The van der Waals surface area contributed by atoms with Gasteiger partial charge in [0.05, 0.1) is 28.3 Å². The Bertz CT molecular complexity index is 1130. The molecule has 0 spiro atoms. The second kappa shape index (κ2) is 4.92. The maximum absolute atomic E-state index is 13.3. The molecule has 3 aromatic heterocycles. The molecule has 0 aliphatic rings. The fourth-order valence-corrected chi connectivity index (χ4v) is 2.73. The maximum Gasteiger partial charge on any atom is 0.435 e. The molecule has 0 aliphatic heterocycles. The maximum atomic E-state index is 13.3. The molecule has 0 unspecified atom stereocenters. The Balaban J connectivity index is 2.16. The molecule has 4 rings (SSSR count). The summed E-state index contributed by atoms with van der Waals surface area (Å²) in [6.45, 7) is 0. The second-order valence-electron chi connectivity index (χ2n) is 5.19. The minimum atomic E-state index is -4.63. The van der Waals surface area contributed by atoms with E-state index in [4.69, 9.17) is 0 Å². The van der Waals surface area contributed by atoms with Crippen molar-refractivity contribution in [3.8, 4) is 5.69 Å². The Morgan fingerprint density at radius 1 is 1.04 bits per heavy atom. The van der Waals surface area contributed by atoms with Gasteiger partial charge in [0.1, 0.15) is 0 Å². The van der Waals surface area contributed by atoms with E-state index in [9.17, 15) is 18.0 Å². The van der Waals surface area contributed by atoms with Crippen molar-refractivity contribution in [1.82, 2.24) is 19.7 Å². The average molecular weight is 330 g/mol. The fourth-order valence-electron chi connectivity index (χ4n) is 2.73. The van der Waals surface area contributed by atoms with Gasteiger partial charge in [0, 0.05) is 11.6 Å². The number of hydrogen-bond acceptors (Lipinski definition) is 3. The van der Waals surface area contributed by atoms with Crippen LogP contribution in [-0.2, 0) is 6.18 Å². The molecular formula is C16H9F3N4O.